The third-order valence-electron chi connectivity index (χ3n) is 14.1. The van der Waals surface area contributed by atoms with Crippen molar-refractivity contribution < 1.29 is 105 Å². The Morgan fingerprint density at radius 2 is 0.330 bits per heavy atom. The molecule has 0 saturated carbocycles. The fraction of sp³-hybridized carbons (Fsp3) is 0.986. The molecule has 0 heterocycles. The topological polar surface area (TPSA) is 286 Å². The van der Waals surface area contributed by atoms with E-state index < -0.39 is 145 Å². The molecule has 0 aromatic heterocycles. The Bertz CT molecular complexity index is 2370. The fourth-order valence-corrected chi connectivity index (χ4v) is 40.0. The van der Waals surface area contributed by atoms with Crippen LogP contribution in [0.25, 0.3) is 0 Å². The number of carbonyl (C=O) groups is 1. The second-order valence-electron chi connectivity index (χ2n) is 31.7. The molecular weight excluding hydrogens is 1640 g/mol. The molecule has 0 bridgehead atoms. The second kappa shape index (κ2) is 54.2. The highest BCUT2D eigenvalue weighted by Gasteiger charge is 2.42. The van der Waals surface area contributed by atoms with Gasteiger partial charge >= 0.3 is 53.6 Å². The molecule has 0 aromatic rings. The van der Waals surface area contributed by atoms with Crippen LogP contribution in [0, 0.1) is 47.3 Å². The Hall–Kier alpha value is 2.97. The lowest BCUT2D eigenvalue weighted by Gasteiger charge is -2.30. The van der Waals surface area contributed by atoms with Crippen molar-refractivity contribution in [1.82, 2.24) is 0 Å². The van der Waals surface area contributed by atoms with Gasteiger partial charge < -0.3 is 5.11 Å². The summed E-state index contributed by atoms with van der Waals surface area (Å²) in [5.74, 6) is 0.140. The Morgan fingerprint density at radius 1 is 0.217 bits per heavy atom. The zero-order chi connectivity index (χ0) is 81.9. The van der Waals surface area contributed by atoms with E-state index in [9.17, 15) is 28.2 Å². The molecule has 0 saturated heterocycles. The minimum atomic E-state index is -4.41. The monoisotopic (exact) mass is 1780 g/mol. The summed E-state index contributed by atoms with van der Waals surface area (Å²) in [6.45, 7) is 28.7. The molecule has 0 spiro atoms. The van der Waals surface area contributed by atoms with Gasteiger partial charge in [-0.2, -0.15) is 0 Å². The van der Waals surface area contributed by atoms with E-state index in [-0.39, 0.29) is 87.6 Å². The van der Waals surface area contributed by atoms with E-state index in [0.717, 1.165) is 68.3 Å². The predicted molar refractivity (Wildman–Crippen MR) is 456 cm³/mol. The largest absolute Gasteiger partial charge is 0.481 e. The van der Waals surface area contributed by atoms with Gasteiger partial charge in [-0.25, -0.2) is 32.0 Å². The molecule has 106 heavy (non-hydrogen) atoms. The first-order valence-corrected chi connectivity index (χ1v) is 59.9. The van der Waals surface area contributed by atoms with Gasteiger partial charge in [-0.15, -0.1) is 0 Å². The zero-order valence-corrected chi connectivity index (χ0v) is 81.9. The maximum absolute atomic E-state index is 15.5. The van der Waals surface area contributed by atoms with Gasteiger partial charge in [0.1, 0.15) is 0 Å². The summed E-state index contributed by atoms with van der Waals surface area (Å²) in [6, 6.07) is 0. The van der Waals surface area contributed by atoms with Gasteiger partial charge in [0.25, 0.3) is 0 Å². The van der Waals surface area contributed by atoms with Crippen LogP contribution in [0.3, 0.4) is 0 Å². The number of hydrogen-bond acceptors (Lipinski definition) is 29. The molecule has 0 radical (unpaired) electrons. The number of carboxylic acid groups (broad SMARTS) is 1. The van der Waals surface area contributed by atoms with Gasteiger partial charge in [0.05, 0.1) is 91.9 Å². The lowest BCUT2D eigenvalue weighted by molar-refractivity contribution is -0.136. The van der Waals surface area contributed by atoms with Crippen LogP contribution in [0.4, 0.5) is 0 Å². The van der Waals surface area contributed by atoms with Crippen molar-refractivity contribution in [3.05, 3.63) is 0 Å². The van der Waals surface area contributed by atoms with E-state index in [0.29, 0.717) is 62.7 Å². The van der Waals surface area contributed by atoms with Crippen molar-refractivity contribution in [2.24, 2.45) is 47.3 Å². The second-order valence-corrected chi connectivity index (χ2v) is 60.0. The lowest BCUT2D eigenvalue weighted by Crippen LogP contribution is -2.19. The molecular formula is C69H145O23P7S7. The first-order valence-electron chi connectivity index (χ1n) is 38.0. The van der Waals surface area contributed by atoms with Crippen molar-refractivity contribution in [2.75, 3.05) is 40.3 Å². The van der Waals surface area contributed by atoms with Crippen LogP contribution < -0.4 is 0 Å². The Balaban J connectivity index is 7.63. The first-order chi connectivity index (χ1) is 48.5. The van der Waals surface area contributed by atoms with E-state index in [2.05, 4.69) is 0 Å². The highest BCUT2D eigenvalue weighted by Crippen LogP contribution is 2.71. The average molecular weight is 1780 g/mol. The van der Waals surface area contributed by atoms with Gasteiger partial charge in [-0.1, -0.05) is 111 Å². The van der Waals surface area contributed by atoms with Crippen LogP contribution in [0.1, 0.15) is 265 Å². The molecule has 14 atom stereocenters. The predicted octanol–water partition coefficient (Wildman–Crippen LogP) is 27.4. The molecule has 0 fully saturated rings. The van der Waals surface area contributed by atoms with Crippen molar-refractivity contribution in [3.8, 4) is 0 Å². The summed E-state index contributed by atoms with van der Waals surface area (Å²) < 4.78 is 193. The zero-order valence-electron chi connectivity index (χ0n) is 69.9. The minimum absolute atomic E-state index is 0.0108. The molecule has 0 aliphatic carbocycles. The number of hydrogen-bond donors (Lipinski definition) is 1. The van der Waals surface area contributed by atoms with Crippen molar-refractivity contribution >= 4 is 133 Å². The van der Waals surface area contributed by atoms with Crippen molar-refractivity contribution in [3.63, 3.8) is 0 Å². The molecule has 0 aliphatic heterocycles. The quantitative estimate of drug-likeness (QED) is 0.0554. The summed E-state index contributed by atoms with van der Waals surface area (Å²) in [6.07, 6.45) is -4.53. The SMILES string of the molecule is CC(C)CC(C)OP(=O)(OC(C)CC(C)C)SCC(C)OP(=O)(OC(C)CSP(=O)(OC(C)CC(C)C)OC(C)CC(C)C)SCC(C)OP(=O)(OC(C)CSP(=O)(OC(C)CSP(=O)(OC(C)CC(C)C)OC(C)CC(C)C)OC(C)CSP(=O)(OC(C)CC(C)C)OC(C)CC(C)C)SCCC(=O)O. The van der Waals surface area contributed by atoms with Crippen LogP contribution in [-0.2, 0) is 100 Å². The maximum Gasteiger partial charge on any atom is 0.389 e. The smallest absolute Gasteiger partial charge is 0.389 e. The minimum Gasteiger partial charge on any atom is -0.481 e. The van der Waals surface area contributed by atoms with Crippen LogP contribution in [-0.4, -0.2) is 137 Å². The van der Waals surface area contributed by atoms with E-state index >= 15 is 13.7 Å². The highest BCUT2D eigenvalue weighted by atomic mass is 32.7. The summed E-state index contributed by atoms with van der Waals surface area (Å²) in [7, 11) is 0. The van der Waals surface area contributed by atoms with Gasteiger partial charge in [-0.05, 0) is 275 Å². The Kier molecular flexibility index (Phi) is 55.7. The summed E-state index contributed by atoms with van der Waals surface area (Å²) >= 11 is 5.90. The van der Waals surface area contributed by atoms with Gasteiger partial charge in [0.15, 0.2) is 0 Å². The molecule has 0 aromatic carbocycles. The third kappa shape index (κ3) is 54.9. The van der Waals surface area contributed by atoms with Gasteiger partial charge in [0, 0.05) is 40.3 Å². The molecule has 636 valence electrons. The molecule has 1 N–H and O–H groups in total. The molecule has 0 amide bonds. The highest BCUT2D eigenvalue weighted by molar-refractivity contribution is 8.57. The molecule has 23 nitrogen and oxygen atoms in total. The third-order valence-corrected chi connectivity index (χ3v) is 42.6. The lowest BCUT2D eigenvalue weighted by atomic mass is 10.1. The van der Waals surface area contributed by atoms with Crippen molar-refractivity contribution in [1.29, 1.82) is 0 Å². The summed E-state index contributed by atoms with van der Waals surface area (Å²) in [5, 5.41) is 9.76. The number of carboxylic acids is 1. The van der Waals surface area contributed by atoms with E-state index in [1.807, 2.05) is 166 Å². The standard InChI is InChI=1S/C69H145O23P7S7/c1-47(2)33-55(17)79-94(73,80-56(18)34-48(3)4)101-43-65(27)89-98(77,90-66(28)44-102-95(74,81-57(19)35-49(5)6)82-58(20)36-50(7)8)105-41-63(25)87-93(72,100-32-31-69(70)71)88-64(26)42-106-99(78,91-67(29)45-103-96(75,83-59(21)37-51(9)10)84-60(22)38-52(11)12)92-68(30)46-104-97(76,85-61(23)39-53(13)14)86-62(24)40-54(15)16/h47-68H,31-46H2,1-30H3,(H,70,71). The molecule has 0 aliphatic rings. The number of rotatable bonds is 66. The van der Waals surface area contributed by atoms with E-state index in [1.165, 1.54) is 0 Å². The first kappa shape index (κ1) is 109. The van der Waals surface area contributed by atoms with E-state index in [4.69, 9.17) is 63.3 Å². The normalized spacial score (nSPS) is 20.9. The Labute approximate surface area is 671 Å². The van der Waals surface area contributed by atoms with Gasteiger partial charge in [0.2, 0.25) is 0 Å². The van der Waals surface area contributed by atoms with Crippen LogP contribution in [0.5, 0.6) is 0 Å². The summed E-state index contributed by atoms with van der Waals surface area (Å²) in [4.78, 5) is 12.0. The van der Waals surface area contributed by atoms with Crippen molar-refractivity contribution in [2.45, 2.75) is 351 Å². The van der Waals surface area contributed by atoms with Crippen LogP contribution in [0.2, 0.25) is 0 Å². The van der Waals surface area contributed by atoms with Gasteiger partial charge in [-0.3, -0.25) is 68.1 Å². The molecule has 37 heteroatoms. The number of aliphatic carboxylic acids is 1. The fourth-order valence-electron chi connectivity index (χ4n) is 10.9. The van der Waals surface area contributed by atoms with Crippen LogP contribution >= 0.6 is 127 Å². The Morgan fingerprint density at radius 3 is 0.443 bits per heavy atom. The maximum atomic E-state index is 15.5. The molecule has 0 rings (SSSR count). The van der Waals surface area contributed by atoms with E-state index in [1.54, 1.807) is 41.5 Å². The summed E-state index contributed by atoms with van der Waals surface area (Å²) in [5.41, 5.74) is 0. The van der Waals surface area contributed by atoms with Crippen LogP contribution in [0.15, 0.2) is 0 Å². The average Bonchev–Trinajstić information content (AvgIpc) is 0.847. The molecule has 14 unspecified atom stereocenters.